The van der Waals surface area contributed by atoms with Gasteiger partial charge in [0.15, 0.2) is 17.6 Å². The summed E-state index contributed by atoms with van der Waals surface area (Å²) in [5.74, 6) is -2.15. The second-order valence-electron chi connectivity index (χ2n) is 7.22. The average molecular weight is 408 g/mol. The number of carbonyl (C=O) groups is 1. The number of benzene rings is 1. The van der Waals surface area contributed by atoms with Crippen molar-refractivity contribution in [2.75, 3.05) is 0 Å². The molecule has 10 heteroatoms. The number of carboxylic acids is 1. The Balaban J connectivity index is 1.70. The molecule has 0 spiro atoms. The van der Waals surface area contributed by atoms with E-state index < -0.39 is 42.3 Å². The normalized spacial score (nSPS) is 29.4. The van der Waals surface area contributed by atoms with Crippen molar-refractivity contribution in [2.24, 2.45) is 0 Å². The lowest BCUT2D eigenvalue weighted by atomic mass is 9.90. The molecular formula is C19H20O10. The fourth-order valence-corrected chi connectivity index (χ4v) is 3.83. The fraction of sp³-hybridized carbons (Fsp3) is 0.474. The molecule has 1 aromatic carbocycles. The fourth-order valence-electron chi connectivity index (χ4n) is 3.83. The van der Waals surface area contributed by atoms with Gasteiger partial charge in [0.05, 0.1) is 0 Å². The molecule has 1 saturated heterocycles. The molecule has 0 bridgehead atoms. The summed E-state index contributed by atoms with van der Waals surface area (Å²) in [5, 5.41) is 49.7. The lowest BCUT2D eigenvalue weighted by molar-refractivity contribution is -0.271. The van der Waals surface area contributed by atoms with Crippen molar-refractivity contribution in [1.82, 2.24) is 0 Å². The maximum Gasteiger partial charge on any atom is 0.339 e. The maximum absolute atomic E-state index is 12.3. The van der Waals surface area contributed by atoms with Gasteiger partial charge in [0.1, 0.15) is 23.9 Å². The zero-order valence-corrected chi connectivity index (χ0v) is 15.1. The van der Waals surface area contributed by atoms with Gasteiger partial charge in [-0.3, -0.25) is 0 Å². The molecule has 2 aliphatic rings. The van der Waals surface area contributed by atoms with Crippen LogP contribution in [-0.4, -0.2) is 62.2 Å². The lowest BCUT2D eigenvalue weighted by Gasteiger charge is -2.38. The first-order chi connectivity index (χ1) is 13.8. The standard InChI is InChI=1S/C19H20O10/c20-10-5-9-7-3-1-2-4-8(7)18(26)27-11(9)6-12(10)28-19-15(23)13(21)14(22)16(29-19)17(24)25/h5-6,13-16,19-23H,1-4H2,(H,24,25)/t13?,14-,15?,16?,19+/m0/s1. The number of aryl methyl sites for hydroxylation is 1. The second kappa shape index (κ2) is 7.30. The topological polar surface area (TPSA) is 167 Å². The molecule has 4 rings (SSSR count). The number of hydrogen-bond donors (Lipinski definition) is 5. The molecule has 2 heterocycles. The van der Waals surface area contributed by atoms with Gasteiger partial charge in [0.25, 0.3) is 0 Å². The minimum absolute atomic E-state index is 0.157. The molecule has 1 fully saturated rings. The van der Waals surface area contributed by atoms with Gasteiger partial charge < -0.3 is 39.4 Å². The molecular weight excluding hydrogens is 388 g/mol. The molecule has 0 radical (unpaired) electrons. The van der Waals surface area contributed by atoms with Crippen molar-refractivity contribution in [3.8, 4) is 11.5 Å². The molecule has 1 aliphatic heterocycles. The third kappa shape index (κ3) is 3.33. The van der Waals surface area contributed by atoms with Crippen LogP contribution in [0.1, 0.15) is 24.0 Å². The smallest absolute Gasteiger partial charge is 0.339 e. The number of aliphatic hydroxyl groups is 3. The zero-order chi connectivity index (χ0) is 20.9. The predicted molar refractivity (Wildman–Crippen MR) is 95.7 cm³/mol. The van der Waals surface area contributed by atoms with E-state index in [1.54, 1.807) is 0 Å². The zero-order valence-electron chi connectivity index (χ0n) is 15.1. The van der Waals surface area contributed by atoms with E-state index in [1.807, 2.05) is 0 Å². The van der Waals surface area contributed by atoms with Crippen LogP contribution in [0.2, 0.25) is 0 Å². The Labute approximate surface area is 163 Å². The van der Waals surface area contributed by atoms with Crippen molar-refractivity contribution in [1.29, 1.82) is 0 Å². The Bertz CT molecular complexity index is 1010. The molecule has 29 heavy (non-hydrogen) atoms. The predicted octanol–water partition coefficient (Wildman–Crippen LogP) is -0.352. The van der Waals surface area contributed by atoms with Crippen molar-refractivity contribution in [3.05, 3.63) is 33.7 Å². The molecule has 5 N–H and O–H groups in total. The molecule has 3 unspecified atom stereocenters. The quantitative estimate of drug-likeness (QED) is 0.423. The van der Waals surface area contributed by atoms with Crippen LogP contribution in [0.25, 0.3) is 11.0 Å². The third-order valence-corrected chi connectivity index (χ3v) is 5.36. The van der Waals surface area contributed by atoms with Crippen molar-refractivity contribution < 1.29 is 44.2 Å². The number of carboxylic acid groups (broad SMARTS) is 1. The maximum atomic E-state index is 12.3. The van der Waals surface area contributed by atoms with Crippen LogP contribution in [-0.2, 0) is 22.4 Å². The summed E-state index contributed by atoms with van der Waals surface area (Å²) < 4.78 is 15.7. The Kier molecular flexibility index (Phi) is 4.95. The van der Waals surface area contributed by atoms with Crippen LogP contribution >= 0.6 is 0 Å². The van der Waals surface area contributed by atoms with E-state index in [-0.39, 0.29) is 17.1 Å². The van der Waals surface area contributed by atoms with Gasteiger partial charge in [-0.15, -0.1) is 0 Å². The largest absolute Gasteiger partial charge is 0.504 e. The Morgan fingerprint density at radius 1 is 1.03 bits per heavy atom. The molecule has 5 atom stereocenters. The van der Waals surface area contributed by atoms with Crippen LogP contribution in [0.5, 0.6) is 11.5 Å². The van der Waals surface area contributed by atoms with E-state index >= 15 is 0 Å². The number of phenolic OH excluding ortho intramolecular Hbond substituents is 1. The second-order valence-corrected chi connectivity index (χ2v) is 7.22. The first-order valence-corrected chi connectivity index (χ1v) is 9.18. The van der Waals surface area contributed by atoms with Crippen LogP contribution in [0.15, 0.2) is 21.3 Å². The molecule has 2 aromatic rings. The highest BCUT2D eigenvalue weighted by Crippen LogP contribution is 2.37. The van der Waals surface area contributed by atoms with E-state index in [4.69, 9.17) is 19.0 Å². The summed E-state index contributed by atoms with van der Waals surface area (Å²) in [6.07, 6.45) is -5.97. The van der Waals surface area contributed by atoms with Crippen LogP contribution in [0.4, 0.5) is 0 Å². The molecule has 1 aliphatic carbocycles. The minimum atomic E-state index is -1.86. The minimum Gasteiger partial charge on any atom is -0.504 e. The van der Waals surface area contributed by atoms with Crippen molar-refractivity contribution in [2.45, 2.75) is 56.4 Å². The van der Waals surface area contributed by atoms with Crippen LogP contribution in [0.3, 0.4) is 0 Å². The Morgan fingerprint density at radius 2 is 1.72 bits per heavy atom. The number of rotatable bonds is 3. The highest BCUT2D eigenvalue weighted by atomic mass is 16.7. The summed E-state index contributed by atoms with van der Waals surface area (Å²) in [6.45, 7) is 0. The van der Waals surface area contributed by atoms with Crippen molar-refractivity contribution >= 4 is 16.9 Å². The number of aliphatic hydroxyl groups excluding tert-OH is 3. The molecule has 0 amide bonds. The first kappa shape index (κ1) is 19.6. The van der Waals surface area contributed by atoms with Gasteiger partial charge in [-0.05, 0) is 37.3 Å². The van der Waals surface area contributed by atoms with Crippen LogP contribution in [0, 0.1) is 0 Å². The third-order valence-electron chi connectivity index (χ3n) is 5.36. The number of aliphatic carboxylic acids is 1. The highest BCUT2D eigenvalue weighted by Gasteiger charge is 2.48. The van der Waals surface area contributed by atoms with E-state index in [9.17, 15) is 30.0 Å². The number of fused-ring (bicyclic) bond motifs is 3. The molecule has 156 valence electrons. The first-order valence-electron chi connectivity index (χ1n) is 9.18. The number of aromatic hydroxyl groups is 1. The van der Waals surface area contributed by atoms with E-state index in [1.165, 1.54) is 12.1 Å². The highest BCUT2D eigenvalue weighted by molar-refractivity contribution is 5.85. The van der Waals surface area contributed by atoms with E-state index in [2.05, 4.69) is 0 Å². The Hall–Kier alpha value is -2.66. The van der Waals surface area contributed by atoms with Gasteiger partial charge in [0.2, 0.25) is 6.29 Å². The van der Waals surface area contributed by atoms with Gasteiger partial charge >= 0.3 is 11.6 Å². The van der Waals surface area contributed by atoms with Crippen LogP contribution < -0.4 is 10.4 Å². The summed E-state index contributed by atoms with van der Waals surface area (Å²) >= 11 is 0. The van der Waals surface area contributed by atoms with E-state index in [0.717, 1.165) is 18.4 Å². The van der Waals surface area contributed by atoms with E-state index in [0.29, 0.717) is 23.8 Å². The summed E-state index contributed by atoms with van der Waals surface area (Å²) in [4.78, 5) is 23.5. The lowest BCUT2D eigenvalue weighted by Crippen LogP contribution is -2.61. The number of ether oxygens (including phenoxy) is 2. The summed E-state index contributed by atoms with van der Waals surface area (Å²) in [7, 11) is 0. The Morgan fingerprint density at radius 3 is 2.41 bits per heavy atom. The molecule has 0 saturated carbocycles. The summed E-state index contributed by atoms with van der Waals surface area (Å²) in [6, 6.07) is 2.61. The monoisotopic (exact) mass is 408 g/mol. The number of phenols is 1. The SMILES string of the molecule is O=C(O)C1O[C@@H](Oc2cc3oc(=O)c4c(c3cc2O)CCCC4)C(O)C(O)[C@@H]1O. The van der Waals surface area contributed by atoms with Gasteiger partial charge in [-0.1, -0.05) is 0 Å². The molecule has 1 aromatic heterocycles. The average Bonchev–Trinajstić information content (AvgIpc) is 2.69. The van der Waals surface area contributed by atoms with Gasteiger partial charge in [-0.25, -0.2) is 9.59 Å². The van der Waals surface area contributed by atoms with Gasteiger partial charge in [-0.2, -0.15) is 0 Å². The number of hydrogen-bond acceptors (Lipinski definition) is 9. The summed E-state index contributed by atoms with van der Waals surface area (Å²) in [5.41, 5.74) is 1.08. The van der Waals surface area contributed by atoms with Gasteiger partial charge in [0, 0.05) is 17.0 Å². The van der Waals surface area contributed by atoms with Crippen molar-refractivity contribution in [3.63, 3.8) is 0 Å². The molecule has 10 nitrogen and oxygen atoms in total.